The maximum absolute atomic E-state index is 11.6. The van der Waals surface area contributed by atoms with Crippen LogP contribution in [0.4, 0.5) is 0 Å². The number of rotatable bonds is 7. The molecule has 1 atom stereocenters. The minimum Gasteiger partial charge on any atom is -0.361 e. The van der Waals surface area contributed by atoms with Gasteiger partial charge in [0, 0.05) is 12.1 Å². The lowest BCUT2D eigenvalue weighted by molar-refractivity contribution is -0.127. The number of nitrogens with one attached hydrogen (secondary N) is 2. The highest BCUT2D eigenvalue weighted by Gasteiger charge is 2.17. The maximum Gasteiger partial charge on any atom is 0.239 e. The smallest absolute Gasteiger partial charge is 0.239 e. The normalized spacial score (nSPS) is 12.3. The highest BCUT2D eigenvalue weighted by Crippen LogP contribution is 2.11. The van der Waals surface area contributed by atoms with Gasteiger partial charge in [0.2, 0.25) is 11.8 Å². The predicted molar refractivity (Wildman–Crippen MR) is 78.5 cm³/mol. The summed E-state index contributed by atoms with van der Waals surface area (Å²) >= 11 is 0. The van der Waals surface area contributed by atoms with Crippen molar-refractivity contribution in [2.75, 3.05) is 13.1 Å². The Balaban J connectivity index is 2.27. The summed E-state index contributed by atoms with van der Waals surface area (Å²) in [5.74, 6) is 0.238. The lowest BCUT2D eigenvalue weighted by Crippen LogP contribution is -2.47. The van der Waals surface area contributed by atoms with Crippen molar-refractivity contribution >= 4 is 11.8 Å². The number of carbonyl (C=O) groups is 2. The first-order valence-corrected chi connectivity index (χ1v) is 7.04. The topological polar surface area (TPSA) is 110 Å². The van der Waals surface area contributed by atoms with Crippen molar-refractivity contribution in [3.05, 3.63) is 17.0 Å². The first kappa shape index (κ1) is 17.2. The molecule has 0 aliphatic carbocycles. The van der Waals surface area contributed by atoms with Gasteiger partial charge in [-0.2, -0.15) is 0 Å². The number of hydrogen-bond donors (Lipinski definition) is 3. The van der Waals surface area contributed by atoms with Crippen LogP contribution in [0.3, 0.4) is 0 Å². The Bertz CT molecular complexity index is 477. The Morgan fingerprint density at radius 3 is 2.48 bits per heavy atom. The highest BCUT2D eigenvalue weighted by atomic mass is 16.5. The van der Waals surface area contributed by atoms with Crippen molar-refractivity contribution < 1.29 is 14.1 Å². The Morgan fingerprint density at radius 2 is 1.95 bits per heavy atom. The molecule has 1 heterocycles. The molecule has 0 unspecified atom stereocenters. The summed E-state index contributed by atoms with van der Waals surface area (Å²) in [6, 6.07) is -0.597. The number of nitrogens with two attached hydrogens (primary N) is 1. The molecule has 0 fully saturated rings. The fourth-order valence-corrected chi connectivity index (χ4v) is 1.84. The Hall–Kier alpha value is -1.89. The molecular weight excluding hydrogens is 272 g/mol. The second-order valence-corrected chi connectivity index (χ2v) is 5.39. The van der Waals surface area contributed by atoms with Crippen molar-refractivity contribution in [2.24, 2.45) is 11.7 Å². The number of hydrogen-bond acceptors (Lipinski definition) is 5. The third kappa shape index (κ3) is 5.18. The molecule has 0 spiro atoms. The molecule has 1 aromatic heterocycles. The molecule has 21 heavy (non-hydrogen) atoms. The van der Waals surface area contributed by atoms with E-state index in [1.807, 2.05) is 27.7 Å². The van der Waals surface area contributed by atoms with Crippen molar-refractivity contribution in [1.82, 2.24) is 15.8 Å². The average molecular weight is 296 g/mol. The van der Waals surface area contributed by atoms with Crippen LogP contribution in [0.25, 0.3) is 0 Å². The quantitative estimate of drug-likeness (QED) is 0.658. The lowest BCUT2D eigenvalue weighted by atomic mass is 10.1. The molecule has 0 saturated carbocycles. The molecule has 0 aliphatic heterocycles. The summed E-state index contributed by atoms with van der Waals surface area (Å²) in [4.78, 5) is 23.2. The summed E-state index contributed by atoms with van der Waals surface area (Å²) in [6.07, 6.45) is 0.645. The van der Waals surface area contributed by atoms with Crippen LogP contribution in [0.15, 0.2) is 4.52 Å². The molecule has 0 aliphatic rings. The van der Waals surface area contributed by atoms with E-state index in [0.29, 0.717) is 13.0 Å². The molecule has 0 bridgehead atoms. The minimum atomic E-state index is -0.597. The monoisotopic (exact) mass is 296 g/mol. The minimum absolute atomic E-state index is 0.0348. The number of aryl methyl sites for hydroxylation is 2. The van der Waals surface area contributed by atoms with Crippen molar-refractivity contribution in [1.29, 1.82) is 0 Å². The first-order chi connectivity index (χ1) is 9.82. The van der Waals surface area contributed by atoms with Crippen LogP contribution in [0.2, 0.25) is 0 Å². The molecule has 2 amide bonds. The van der Waals surface area contributed by atoms with Crippen molar-refractivity contribution in [3.63, 3.8) is 0 Å². The molecule has 118 valence electrons. The number of amides is 2. The van der Waals surface area contributed by atoms with E-state index in [-0.39, 0.29) is 24.3 Å². The SMILES string of the molecule is Cc1noc(C)c1CCNC(=O)CNC(=O)[C@@H](N)C(C)C. The van der Waals surface area contributed by atoms with Gasteiger partial charge in [0.1, 0.15) is 5.76 Å². The summed E-state index contributed by atoms with van der Waals surface area (Å²) in [5, 5.41) is 9.11. The Kier molecular flexibility index (Phi) is 6.36. The number of carbonyl (C=O) groups excluding carboxylic acids is 2. The molecule has 7 heteroatoms. The van der Waals surface area contributed by atoms with Crippen LogP contribution in [0.1, 0.15) is 30.9 Å². The van der Waals surface area contributed by atoms with E-state index in [9.17, 15) is 9.59 Å². The van der Waals surface area contributed by atoms with E-state index in [4.69, 9.17) is 10.3 Å². The zero-order valence-corrected chi connectivity index (χ0v) is 13.0. The number of aromatic nitrogens is 1. The molecule has 0 radical (unpaired) electrons. The van der Waals surface area contributed by atoms with E-state index in [1.165, 1.54) is 0 Å². The van der Waals surface area contributed by atoms with Gasteiger partial charge in [-0.15, -0.1) is 0 Å². The molecule has 0 saturated heterocycles. The van der Waals surface area contributed by atoms with Gasteiger partial charge in [0.15, 0.2) is 0 Å². The summed E-state index contributed by atoms with van der Waals surface area (Å²) in [7, 11) is 0. The van der Waals surface area contributed by atoms with Gasteiger partial charge in [-0.05, 0) is 26.2 Å². The lowest BCUT2D eigenvalue weighted by Gasteiger charge is -2.15. The Labute approximate surface area is 124 Å². The summed E-state index contributed by atoms with van der Waals surface area (Å²) in [5.41, 5.74) is 7.52. The molecule has 4 N–H and O–H groups in total. The van der Waals surface area contributed by atoms with Crippen LogP contribution in [-0.2, 0) is 16.0 Å². The summed E-state index contributed by atoms with van der Waals surface area (Å²) in [6.45, 7) is 7.81. The molecule has 1 rings (SSSR count). The fraction of sp³-hybridized carbons (Fsp3) is 0.643. The van der Waals surface area contributed by atoms with Crippen LogP contribution in [0.5, 0.6) is 0 Å². The summed E-state index contributed by atoms with van der Waals surface area (Å²) < 4.78 is 5.05. The van der Waals surface area contributed by atoms with Gasteiger partial charge in [-0.3, -0.25) is 9.59 Å². The van der Waals surface area contributed by atoms with Gasteiger partial charge in [0.25, 0.3) is 0 Å². The van der Waals surface area contributed by atoms with Gasteiger partial charge < -0.3 is 20.9 Å². The van der Waals surface area contributed by atoms with E-state index in [1.54, 1.807) is 0 Å². The van der Waals surface area contributed by atoms with Gasteiger partial charge in [-0.25, -0.2) is 0 Å². The highest BCUT2D eigenvalue weighted by molar-refractivity contribution is 5.87. The van der Waals surface area contributed by atoms with Crippen molar-refractivity contribution in [2.45, 2.75) is 40.2 Å². The molecule has 0 aromatic carbocycles. The third-order valence-electron chi connectivity index (χ3n) is 3.32. The van der Waals surface area contributed by atoms with Gasteiger partial charge in [-0.1, -0.05) is 19.0 Å². The third-order valence-corrected chi connectivity index (χ3v) is 3.32. The van der Waals surface area contributed by atoms with Crippen LogP contribution in [0, 0.1) is 19.8 Å². The largest absolute Gasteiger partial charge is 0.361 e. The zero-order chi connectivity index (χ0) is 16.0. The number of nitrogens with zero attached hydrogens (tertiary/aromatic N) is 1. The fourth-order valence-electron chi connectivity index (χ4n) is 1.84. The van der Waals surface area contributed by atoms with E-state index in [0.717, 1.165) is 17.0 Å². The molecular formula is C14H24N4O3. The van der Waals surface area contributed by atoms with Gasteiger partial charge >= 0.3 is 0 Å². The molecule has 1 aromatic rings. The zero-order valence-electron chi connectivity index (χ0n) is 13.0. The van der Waals surface area contributed by atoms with Gasteiger partial charge in [0.05, 0.1) is 18.3 Å². The van der Waals surface area contributed by atoms with Crippen LogP contribution >= 0.6 is 0 Å². The van der Waals surface area contributed by atoms with E-state index < -0.39 is 6.04 Å². The maximum atomic E-state index is 11.6. The first-order valence-electron chi connectivity index (χ1n) is 7.04. The van der Waals surface area contributed by atoms with Crippen LogP contribution < -0.4 is 16.4 Å². The van der Waals surface area contributed by atoms with E-state index in [2.05, 4.69) is 15.8 Å². The van der Waals surface area contributed by atoms with Crippen molar-refractivity contribution in [3.8, 4) is 0 Å². The van der Waals surface area contributed by atoms with E-state index >= 15 is 0 Å². The standard InChI is InChI=1S/C14H24N4O3/c1-8(2)13(15)14(20)17-7-12(19)16-6-5-11-9(3)18-21-10(11)4/h8,13H,5-7,15H2,1-4H3,(H,16,19)(H,17,20)/t13-/m0/s1. The second kappa shape index (κ2) is 7.78. The average Bonchev–Trinajstić information content (AvgIpc) is 2.75. The molecule has 7 nitrogen and oxygen atoms in total. The Morgan fingerprint density at radius 1 is 1.29 bits per heavy atom. The second-order valence-electron chi connectivity index (χ2n) is 5.39. The van der Waals surface area contributed by atoms with Crippen LogP contribution in [-0.4, -0.2) is 36.1 Å². The predicted octanol–water partition coefficient (Wildman–Crippen LogP) is 0.0496.